The quantitative estimate of drug-likeness (QED) is 0.676. The van der Waals surface area contributed by atoms with Crippen LogP contribution < -0.4 is 4.90 Å². The van der Waals surface area contributed by atoms with Gasteiger partial charge in [0.05, 0.1) is 5.69 Å². The Morgan fingerprint density at radius 3 is 2.81 bits per heavy atom. The molecule has 114 valence electrons. The van der Waals surface area contributed by atoms with Crippen LogP contribution >= 0.6 is 11.6 Å². The number of halogens is 1. The van der Waals surface area contributed by atoms with Crippen molar-refractivity contribution in [3.8, 4) is 0 Å². The van der Waals surface area contributed by atoms with E-state index in [1.54, 1.807) is 4.90 Å². The molecule has 1 amide bonds. The van der Waals surface area contributed by atoms with E-state index in [1.165, 1.54) is 24.8 Å². The van der Waals surface area contributed by atoms with Crippen molar-refractivity contribution >= 4 is 23.4 Å². The lowest BCUT2D eigenvalue weighted by Gasteiger charge is -2.37. The van der Waals surface area contributed by atoms with Crippen LogP contribution in [0.1, 0.15) is 51.5 Å². The van der Waals surface area contributed by atoms with Gasteiger partial charge in [-0.2, -0.15) is 0 Å². The Labute approximate surface area is 131 Å². The van der Waals surface area contributed by atoms with Gasteiger partial charge >= 0.3 is 6.09 Å². The van der Waals surface area contributed by atoms with Gasteiger partial charge in [0.25, 0.3) is 0 Å². The summed E-state index contributed by atoms with van der Waals surface area (Å²) < 4.78 is 5.57. The van der Waals surface area contributed by atoms with Crippen molar-refractivity contribution in [1.82, 2.24) is 0 Å². The first-order valence-electron chi connectivity index (χ1n) is 7.65. The monoisotopic (exact) mass is 307 g/mol. The largest absolute Gasteiger partial charge is 0.443 e. The fourth-order valence-corrected chi connectivity index (χ4v) is 3.74. The molecule has 2 unspecified atom stereocenters. The number of fused-ring (bicyclic) bond motifs is 3. The summed E-state index contributed by atoms with van der Waals surface area (Å²) in [6.45, 7) is 6.45. The highest BCUT2D eigenvalue weighted by atomic mass is 35.5. The second-order valence-electron chi connectivity index (χ2n) is 7.09. The molecule has 0 radical (unpaired) electrons. The maximum absolute atomic E-state index is 12.5. The van der Waals surface area contributed by atoms with Gasteiger partial charge in [-0.3, -0.25) is 4.90 Å². The molecular formula is C17H22ClNO2. The van der Waals surface area contributed by atoms with Crippen LogP contribution in [0, 0.1) is 5.92 Å². The van der Waals surface area contributed by atoms with Gasteiger partial charge in [0.2, 0.25) is 0 Å². The topological polar surface area (TPSA) is 29.5 Å². The lowest BCUT2D eigenvalue weighted by molar-refractivity contribution is 0.0570. The standard InChI is InChI=1S/C17H22ClNO2/c1-17(2,3)21-16(20)19-10-11-5-4-6-13(11)14-9-12(18)7-8-15(14)19/h7-9,11,13H,4-6,10H2,1-3H3. The second kappa shape index (κ2) is 5.20. The molecule has 1 aliphatic heterocycles. The number of anilines is 1. The zero-order valence-electron chi connectivity index (χ0n) is 12.9. The van der Waals surface area contributed by atoms with Crippen molar-refractivity contribution < 1.29 is 9.53 Å². The van der Waals surface area contributed by atoms with Crippen LogP contribution in [0.5, 0.6) is 0 Å². The second-order valence-corrected chi connectivity index (χ2v) is 7.53. The lowest BCUT2D eigenvalue weighted by Crippen LogP contribution is -2.43. The lowest BCUT2D eigenvalue weighted by atomic mass is 9.84. The fourth-order valence-electron chi connectivity index (χ4n) is 3.56. The predicted molar refractivity (Wildman–Crippen MR) is 85.1 cm³/mol. The fraction of sp³-hybridized carbons (Fsp3) is 0.588. The first kappa shape index (κ1) is 14.7. The summed E-state index contributed by atoms with van der Waals surface area (Å²) in [6.07, 6.45) is 3.34. The van der Waals surface area contributed by atoms with Crippen molar-refractivity contribution in [3.05, 3.63) is 28.8 Å². The van der Waals surface area contributed by atoms with Crippen LogP contribution in [0.3, 0.4) is 0 Å². The van der Waals surface area contributed by atoms with Crippen molar-refractivity contribution in [3.63, 3.8) is 0 Å². The molecule has 0 saturated heterocycles. The average molecular weight is 308 g/mol. The molecule has 2 aliphatic rings. The SMILES string of the molecule is CC(C)(C)OC(=O)N1CC2CCCC2c2cc(Cl)ccc21. The molecule has 2 atom stereocenters. The molecule has 1 aliphatic carbocycles. The third-order valence-electron chi connectivity index (χ3n) is 4.37. The third-order valence-corrected chi connectivity index (χ3v) is 4.60. The normalized spacial score (nSPS) is 24.5. The summed E-state index contributed by atoms with van der Waals surface area (Å²) >= 11 is 6.17. The highest BCUT2D eigenvalue weighted by molar-refractivity contribution is 6.30. The summed E-state index contributed by atoms with van der Waals surface area (Å²) in [5.41, 5.74) is 1.70. The average Bonchev–Trinajstić information content (AvgIpc) is 2.83. The van der Waals surface area contributed by atoms with E-state index < -0.39 is 5.60 Å². The molecule has 0 spiro atoms. The Morgan fingerprint density at radius 1 is 1.33 bits per heavy atom. The van der Waals surface area contributed by atoms with Crippen LogP contribution in [0.4, 0.5) is 10.5 Å². The summed E-state index contributed by atoms with van der Waals surface area (Å²) in [4.78, 5) is 14.3. The molecule has 1 saturated carbocycles. The van der Waals surface area contributed by atoms with E-state index in [-0.39, 0.29) is 6.09 Å². The van der Waals surface area contributed by atoms with E-state index in [2.05, 4.69) is 0 Å². The maximum atomic E-state index is 12.5. The number of nitrogens with zero attached hydrogens (tertiary/aromatic N) is 1. The summed E-state index contributed by atoms with van der Waals surface area (Å²) in [5, 5.41) is 0.741. The van der Waals surface area contributed by atoms with Crippen molar-refractivity contribution in [2.75, 3.05) is 11.4 Å². The van der Waals surface area contributed by atoms with Gasteiger partial charge in [-0.25, -0.2) is 4.79 Å². The number of rotatable bonds is 0. The number of hydrogen-bond donors (Lipinski definition) is 0. The van der Waals surface area contributed by atoms with Gasteiger partial charge < -0.3 is 4.74 Å². The zero-order valence-corrected chi connectivity index (χ0v) is 13.6. The highest BCUT2D eigenvalue weighted by Crippen LogP contribution is 2.48. The molecule has 1 heterocycles. The molecule has 0 bridgehead atoms. The number of carbonyl (C=O) groups is 1. The van der Waals surface area contributed by atoms with Gasteiger partial charge in [0.1, 0.15) is 5.60 Å². The Balaban J connectivity index is 1.96. The van der Waals surface area contributed by atoms with E-state index in [0.717, 1.165) is 17.3 Å². The van der Waals surface area contributed by atoms with E-state index in [1.807, 2.05) is 39.0 Å². The molecule has 3 nitrogen and oxygen atoms in total. The van der Waals surface area contributed by atoms with Crippen LogP contribution in [-0.2, 0) is 4.74 Å². The molecule has 1 aromatic carbocycles. The molecule has 0 aromatic heterocycles. The number of ether oxygens (including phenoxy) is 1. The van der Waals surface area contributed by atoms with E-state index in [4.69, 9.17) is 16.3 Å². The van der Waals surface area contributed by atoms with Gasteiger partial charge in [-0.15, -0.1) is 0 Å². The Morgan fingerprint density at radius 2 is 2.10 bits per heavy atom. The van der Waals surface area contributed by atoms with Gasteiger partial charge in [-0.05, 0) is 69.2 Å². The highest BCUT2D eigenvalue weighted by Gasteiger charge is 2.39. The van der Waals surface area contributed by atoms with Crippen LogP contribution in [-0.4, -0.2) is 18.2 Å². The van der Waals surface area contributed by atoms with Crippen molar-refractivity contribution in [2.24, 2.45) is 5.92 Å². The number of amides is 1. The maximum Gasteiger partial charge on any atom is 0.414 e. The smallest absolute Gasteiger partial charge is 0.414 e. The Hall–Kier alpha value is -1.22. The van der Waals surface area contributed by atoms with Crippen LogP contribution in [0.2, 0.25) is 5.02 Å². The Kier molecular flexibility index (Phi) is 3.64. The zero-order chi connectivity index (χ0) is 15.2. The molecule has 21 heavy (non-hydrogen) atoms. The van der Waals surface area contributed by atoms with E-state index in [9.17, 15) is 4.79 Å². The van der Waals surface area contributed by atoms with E-state index >= 15 is 0 Å². The molecule has 1 fully saturated rings. The van der Waals surface area contributed by atoms with Crippen LogP contribution in [0.15, 0.2) is 18.2 Å². The summed E-state index contributed by atoms with van der Waals surface area (Å²) in [5.74, 6) is 1.07. The third kappa shape index (κ3) is 2.89. The minimum atomic E-state index is -0.476. The molecule has 1 aromatic rings. The van der Waals surface area contributed by atoms with Crippen molar-refractivity contribution in [2.45, 2.75) is 51.6 Å². The minimum absolute atomic E-state index is 0.253. The predicted octanol–water partition coefficient (Wildman–Crippen LogP) is 4.98. The first-order chi connectivity index (χ1) is 9.85. The first-order valence-corrected chi connectivity index (χ1v) is 8.03. The number of carbonyl (C=O) groups excluding carboxylic acids is 1. The number of hydrogen-bond acceptors (Lipinski definition) is 2. The van der Waals surface area contributed by atoms with E-state index in [0.29, 0.717) is 11.8 Å². The molecule has 0 N–H and O–H groups in total. The van der Waals surface area contributed by atoms with Gasteiger partial charge in [0.15, 0.2) is 0 Å². The Bertz CT molecular complexity index is 564. The minimum Gasteiger partial charge on any atom is -0.443 e. The van der Waals surface area contributed by atoms with Gasteiger partial charge in [-0.1, -0.05) is 18.0 Å². The summed E-state index contributed by atoms with van der Waals surface area (Å²) in [7, 11) is 0. The molecule has 3 rings (SSSR count). The molecule has 4 heteroatoms. The van der Waals surface area contributed by atoms with Gasteiger partial charge in [0, 0.05) is 11.6 Å². The molecular weight excluding hydrogens is 286 g/mol. The number of benzene rings is 1. The summed E-state index contributed by atoms with van der Waals surface area (Å²) in [6, 6.07) is 5.83. The van der Waals surface area contributed by atoms with Crippen LogP contribution in [0.25, 0.3) is 0 Å². The van der Waals surface area contributed by atoms with Crippen molar-refractivity contribution in [1.29, 1.82) is 0 Å².